The molecule has 28 heavy (non-hydrogen) atoms. The molecular weight excluding hydrogens is 362 g/mol. The van der Waals surface area contributed by atoms with Gasteiger partial charge >= 0.3 is 6.03 Å². The Labute approximate surface area is 162 Å². The lowest BCUT2D eigenvalue weighted by Crippen LogP contribution is -2.40. The van der Waals surface area contributed by atoms with E-state index in [1.54, 1.807) is 24.5 Å². The second-order valence-electron chi connectivity index (χ2n) is 6.75. The van der Waals surface area contributed by atoms with Gasteiger partial charge < -0.3 is 30.8 Å². The topological polar surface area (TPSA) is 128 Å². The quantitative estimate of drug-likeness (QED) is 0.441. The van der Waals surface area contributed by atoms with E-state index >= 15 is 0 Å². The molecule has 1 aromatic heterocycles. The van der Waals surface area contributed by atoms with Gasteiger partial charge in [-0.05, 0) is 37.5 Å². The smallest absolute Gasteiger partial charge is 0.315 e. The lowest BCUT2D eigenvalue weighted by Gasteiger charge is -2.19. The van der Waals surface area contributed by atoms with E-state index in [4.69, 9.17) is 4.74 Å². The van der Waals surface area contributed by atoms with Gasteiger partial charge in [0.2, 0.25) is 0 Å². The van der Waals surface area contributed by atoms with Crippen LogP contribution in [0.2, 0.25) is 0 Å². The number of aromatic nitrogens is 2. The summed E-state index contributed by atoms with van der Waals surface area (Å²) in [7, 11) is 0. The number of hydrogen-bond donors (Lipinski definition) is 5. The molecule has 1 aliphatic carbocycles. The van der Waals surface area contributed by atoms with Crippen LogP contribution in [-0.2, 0) is 4.79 Å². The molecule has 9 heteroatoms. The maximum absolute atomic E-state index is 12.2. The van der Waals surface area contributed by atoms with Crippen molar-refractivity contribution in [2.75, 3.05) is 13.2 Å². The fraction of sp³-hybridized carbons (Fsp3) is 0.421. The molecule has 5 N–H and O–H groups in total. The molecule has 0 saturated heterocycles. The monoisotopic (exact) mass is 387 g/mol. The number of urea groups is 1. The zero-order valence-corrected chi connectivity index (χ0v) is 15.6. The molecule has 0 aliphatic heterocycles. The summed E-state index contributed by atoms with van der Waals surface area (Å²) >= 11 is 0. The third kappa shape index (κ3) is 5.71. The molecule has 1 aliphatic rings. The first kappa shape index (κ1) is 19.7. The van der Waals surface area contributed by atoms with Gasteiger partial charge in [-0.15, -0.1) is 0 Å². The van der Waals surface area contributed by atoms with Crippen molar-refractivity contribution in [3.05, 3.63) is 48.0 Å². The Morgan fingerprint density at radius 2 is 2.04 bits per heavy atom. The first-order valence-electron chi connectivity index (χ1n) is 9.24. The third-order valence-electron chi connectivity index (χ3n) is 4.38. The average molecular weight is 387 g/mol. The SMILES string of the molecule is CC(NC(=O)NC(CO)c1ncc[nH]1)c1ccc(OCC(=O)NC2CC2)cc1. The number of amides is 3. The molecule has 0 radical (unpaired) electrons. The zero-order chi connectivity index (χ0) is 19.9. The van der Waals surface area contributed by atoms with Crippen LogP contribution in [0.5, 0.6) is 5.75 Å². The number of aliphatic hydroxyl groups excluding tert-OH is 1. The van der Waals surface area contributed by atoms with Crippen LogP contribution < -0.4 is 20.7 Å². The first-order valence-corrected chi connectivity index (χ1v) is 9.24. The molecule has 3 rings (SSSR count). The standard InChI is InChI=1S/C19H25N5O4/c1-12(22-19(27)24-16(10-25)18-20-8-9-21-18)13-2-6-15(7-3-13)28-11-17(26)23-14-4-5-14/h2-3,6-9,12,14,16,25H,4-5,10-11H2,1H3,(H,20,21)(H,23,26)(H2,22,24,27). The van der Waals surface area contributed by atoms with Crippen molar-refractivity contribution in [1.29, 1.82) is 0 Å². The Balaban J connectivity index is 1.46. The molecule has 2 atom stereocenters. The lowest BCUT2D eigenvalue weighted by molar-refractivity contribution is -0.123. The summed E-state index contributed by atoms with van der Waals surface area (Å²) in [5, 5.41) is 17.8. The summed E-state index contributed by atoms with van der Waals surface area (Å²) in [6, 6.07) is 6.20. The third-order valence-corrected chi connectivity index (χ3v) is 4.38. The van der Waals surface area contributed by atoms with E-state index in [1.165, 1.54) is 0 Å². The molecule has 9 nitrogen and oxygen atoms in total. The minimum atomic E-state index is -0.611. The van der Waals surface area contributed by atoms with Crippen molar-refractivity contribution in [2.24, 2.45) is 0 Å². The Bertz CT molecular complexity index is 774. The lowest BCUT2D eigenvalue weighted by atomic mass is 10.1. The Kier molecular flexibility index (Phi) is 6.49. The highest BCUT2D eigenvalue weighted by Gasteiger charge is 2.23. The Morgan fingerprint density at radius 1 is 1.29 bits per heavy atom. The number of aliphatic hydroxyl groups is 1. The van der Waals surface area contributed by atoms with E-state index in [-0.39, 0.29) is 25.2 Å². The second kappa shape index (κ2) is 9.23. The number of aromatic amines is 1. The number of hydrogen-bond acceptors (Lipinski definition) is 5. The summed E-state index contributed by atoms with van der Waals surface area (Å²) in [5.74, 6) is 0.954. The molecule has 1 saturated carbocycles. The van der Waals surface area contributed by atoms with Gasteiger partial charge in [-0.25, -0.2) is 9.78 Å². The molecule has 2 aromatic rings. The number of nitrogens with zero attached hydrogens (tertiary/aromatic N) is 1. The van der Waals surface area contributed by atoms with Crippen LogP contribution in [0.25, 0.3) is 0 Å². The number of ether oxygens (including phenoxy) is 1. The van der Waals surface area contributed by atoms with E-state index in [0.29, 0.717) is 17.6 Å². The van der Waals surface area contributed by atoms with E-state index in [1.807, 2.05) is 19.1 Å². The predicted molar refractivity (Wildman–Crippen MR) is 102 cm³/mol. The second-order valence-corrected chi connectivity index (χ2v) is 6.75. The minimum Gasteiger partial charge on any atom is -0.484 e. The highest BCUT2D eigenvalue weighted by Crippen LogP contribution is 2.19. The number of nitrogens with one attached hydrogen (secondary N) is 4. The van der Waals surface area contributed by atoms with Crippen LogP contribution in [-0.4, -0.2) is 46.3 Å². The molecule has 0 bridgehead atoms. The number of carbonyl (C=O) groups excluding carboxylic acids is 2. The van der Waals surface area contributed by atoms with E-state index in [9.17, 15) is 14.7 Å². The summed E-state index contributed by atoms with van der Waals surface area (Å²) in [6.07, 6.45) is 5.26. The fourth-order valence-electron chi connectivity index (χ4n) is 2.65. The van der Waals surface area contributed by atoms with Gasteiger partial charge in [0.1, 0.15) is 17.6 Å². The highest BCUT2D eigenvalue weighted by atomic mass is 16.5. The molecular formula is C19H25N5O4. The van der Waals surface area contributed by atoms with Gasteiger partial charge in [-0.3, -0.25) is 4.79 Å². The highest BCUT2D eigenvalue weighted by molar-refractivity contribution is 5.78. The number of rotatable bonds is 9. The molecule has 1 fully saturated rings. The van der Waals surface area contributed by atoms with Crippen LogP contribution in [0.3, 0.4) is 0 Å². The van der Waals surface area contributed by atoms with E-state index < -0.39 is 12.1 Å². The number of carbonyl (C=O) groups is 2. The van der Waals surface area contributed by atoms with Crippen molar-refractivity contribution in [3.8, 4) is 5.75 Å². The maximum Gasteiger partial charge on any atom is 0.315 e. The number of imidazole rings is 1. The normalized spacial score (nSPS) is 15.4. The van der Waals surface area contributed by atoms with Gasteiger partial charge in [-0.2, -0.15) is 0 Å². The van der Waals surface area contributed by atoms with Crippen LogP contribution in [0.4, 0.5) is 4.79 Å². The molecule has 0 spiro atoms. The van der Waals surface area contributed by atoms with E-state index in [0.717, 1.165) is 18.4 Å². The van der Waals surface area contributed by atoms with Gasteiger partial charge in [0.25, 0.3) is 5.91 Å². The van der Waals surface area contributed by atoms with Gasteiger partial charge in [0, 0.05) is 18.4 Å². The Hall–Kier alpha value is -3.07. The average Bonchev–Trinajstić information content (AvgIpc) is 3.33. The fourth-order valence-corrected chi connectivity index (χ4v) is 2.65. The van der Waals surface area contributed by atoms with Crippen molar-refractivity contribution in [2.45, 2.75) is 37.9 Å². The maximum atomic E-state index is 12.2. The predicted octanol–water partition coefficient (Wildman–Crippen LogP) is 1.16. The molecule has 1 heterocycles. The molecule has 1 aromatic carbocycles. The minimum absolute atomic E-state index is 0.0125. The van der Waals surface area contributed by atoms with E-state index in [2.05, 4.69) is 25.9 Å². The summed E-state index contributed by atoms with van der Waals surface area (Å²) in [4.78, 5) is 30.7. The number of H-pyrrole nitrogens is 1. The molecule has 3 amide bonds. The van der Waals surface area contributed by atoms with Crippen molar-refractivity contribution >= 4 is 11.9 Å². The largest absolute Gasteiger partial charge is 0.484 e. The molecule has 150 valence electrons. The summed E-state index contributed by atoms with van der Waals surface area (Å²) < 4.78 is 5.47. The van der Waals surface area contributed by atoms with Crippen LogP contribution >= 0.6 is 0 Å². The number of benzene rings is 1. The van der Waals surface area contributed by atoms with Crippen molar-refractivity contribution in [3.63, 3.8) is 0 Å². The molecule has 2 unspecified atom stereocenters. The van der Waals surface area contributed by atoms with Crippen LogP contribution in [0.15, 0.2) is 36.7 Å². The Morgan fingerprint density at radius 3 is 2.64 bits per heavy atom. The van der Waals surface area contributed by atoms with Gasteiger partial charge in [0.15, 0.2) is 6.61 Å². The van der Waals surface area contributed by atoms with Crippen molar-refractivity contribution in [1.82, 2.24) is 25.9 Å². The van der Waals surface area contributed by atoms with Crippen LogP contribution in [0.1, 0.15) is 43.2 Å². The van der Waals surface area contributed by atoms with Crippen molar-refractivity contribution < 1.29 is 19.4 Å². The van der Waals surface area contributed by atoms with Crippen LogP contribution in [0, 0.1) is 0 Å². The van der Waals surface area contributed by atoms with Gasteiger partial charge in [-0.1, -0.05) is 12.1 Å². The zero-order valence-electron chi connectivity index (χ0n) is 15.6. The first-order chi connectivity index (χ1) is 13.5. The summed E-state index contributed by atoms with van der Waals surface area (Å²) in [5.41, 5.74) is 0.878. The summed E-state index contributed by atoms with van der Waals surface area (Å²) in [6.45, 7) is 1.57. The van der Waals surface area contributed by atoms with Gasteiger partial charge in [0.05, 0.1) is 12.6 Å².